The number of nitrogen functional groups attached to an aromatic ring is 1. The summed E-state index contributed by atoms with van der Waals surface area (Å²) < 4.78 is 0. The molecule has 1 aliphatic rings. The third-order valence-corrected chi connectivity index (χ3v) is 4.93. The molecule has 8 heteroatoms. The Hall–Kier alpha value is -2.90. The maximum absolute atomic E-state index is 11.0. The molecular formula is C19H26N6O2. The monoisotopic (exact) mass is 370 g/mol. The Morgan fingerprint density at radius 2 is 1.93 bits per heavy atom. The van der Waals surface area contributed by atoms with E-state index in [1.54, 1.807) is 0 Å². The summed E-state index contributed by atoms with van der Waals surface area (Å²) in [6.07, 6.45) is 5.14. The van der Waals surface area contributed by atoms with Gasteiger partial charge in [0.15, 0.2) is 0 Å². The second-order valence-electron chi connectivity index (χ2n) is 6.85. The fraction of sp³-hybridized carbons (Fsp3) is 0.474. The first-order valence-electron chi connectivity index (χ1n) is 9.21. The van der Waals surface area contributed by atoms with Gasteiger partial charge < -0.3 is 20.6 Å². The number of hydrogen-bond acceptors (Lipinski definition) is 7. The minimum absolute atomic E-state index is 0.0529. The summed E-state index contributed by atoms with van der Waals surface area (Å²) in [7, 11) is 0. The Labute approximate surface area is 159 Å². The normalized spacial score (nSPS) is 14.9. The number of aromatic nitrogens is 3. The lowest BCUT2D eigenvalue weighted by Gasteiger charge is -2.26. The summed E-state index contributed by atoms with van der Waals surface area (Å²) in [6.45, 7) is 7.37. The minimum atomic E-state index is -0.827. The molecule has 0 atom stereocenters. The van der Waals surface area contributed by atoms with E-state index in [-0.39, 0.29) is 12.4 Å². The van der Waals surface area contributed by atoms with Gasteiger partial charge >= 0.3 is 5.97 Å². The minimum Gasteiger partial charge on any atom is -0.481 e. The van der Waals surface area contributed by atoms with E-state index in [1.807, 2.05) is 19.3 Å². The average molecular weight is 370 g/mol. The molecule has 3 N–H and O–H groups in total. The zero-order chi connectivity index (χ0) is 19.4. The zero-order valence-electron chi connectivity index (χ0n) is 15.9. The number of pyridine rings is 1. The molecule has 1 saturated heterocycles. The number of rotatable bonds is 5. The first-order valence-corrected chi connectivity index (χ1v) is 9.21. The number of carboxylic acid groups (broad SMARTS) is 1. The number of hydrogen-bond donors (Lipinski definition) is 2. The van der Waals surface area contributed by atoms with Crippen molar-refractivity contribution in [3.05, 3.63) is 35.3 Å². The van der Waals surface area contributed by atoms with E-state index < -0.39 is 5.97 Å². The number of nitrogens with zero attached hydrogens (tertiary/aromatic N) is 5. The number of carbonyl (C=O) groups is 1. The van der Waals surface area contributed by atoms with Crippen LogP contribution >= 0.6 is 0 Å². The first-order chi connectivity index (χ1) is 13.0. The van der Waals surface area contributed by atoms with Crippen LogP contribution in [0.2, 0.25) is 0 Å². The molecule has 1 aliphatic heterocycles. The Morgan fingerprint density at radius 3 is 2.67 bits per heavy atom. The number of carboxylic acids is 1. The van der Waals surface area contributed by atoms with Crippen LogP contribution in [0.4, 0.5) is 17.5 Å². The molecule has 144 valence electrons. The van der Waals surface area contributed by atoms with E-state index in [2.05, 4.69) is 37.7 Å². The van der Waals surface area contributed by atoms with Gasteiger partial charge in [-0.1, -0.05) is 0 Å². The molecule has 2 aromatic heterocycles. The van der Waals surface area contributed by atoms with Crippen LogP contribution < -0.4 is 15.5 Å². The Morgan fingerprint density at radius 1 is 1.19 bits per heavy atom. The van der Waals surface area contributed by atoms with Crippen molar-refractivity contribution in [3.8, 4) is 0 Å². The fourth-order valence-electron chi connectivity index (χ4n) is 3.58. The van der Waals surface area contributed by atoms with Crippen LogP contribution in [0.3, 0.4) is 0 Å². The lowest BCUT2D eigenvalue weighted by molar-refractivity contribution is -0.136. The van der Waals surface area contributed by atoms with Gasteiger partial charge in [-0.2, -0.15) is 4.98 Å². The van der Waals surface area contributed by atoms with Crippen LogP contribution in [0.15, 0.2) is 18.5 Å². The van der Waals surface area contributed by atoms with Crippen molar-refractivity contribution in [3.63, 3.8) is 0 Å². The molecule has 27 heavy (non-hydrogen) atoms. The maximum atomic E-state index is 11.0. The highest BCUT2D eigenvalue weighted by Gasteiger charge is 2.22. The Kier molecular flexibility index (Phi) is 5.73. The van der Waals surface area contributed by atoms with Crippen molar-refractivity contribution in [1.29, 1.82) is 0 Å². The zero-order valence-corrected chi connectivity index (χ0v) is 15.9. The van der Waals surface area contributed by atoms with Gasteiger partial charge in [-0.05, 0) is 38.3 Å². The highest BCUT2D eigenvalue weighted by atomic mass is 16.4. The summed E-state index contributed by atoms with van der Waals surface area (Å²) in [5.74, 6) is 0.176. The molecule has 3 heterocycles. The van der Waals surface area contributed by atoms with E-state index in [1.165, 1.54) is 5.69 Å². The molecular weight excluding hydrogens is 344 g/mol. The molecule has 2 aromatic rings. The number of aryl methyl sites for hydroxylation is 2. The summed E-state index contributed by atoms with van der Waals surface area (Å²) >= 11 is 0. The molecule has 0 unspecified atom stereocenters. The van der Waals surface area contributed by atoms with Crippen molar-refractivity contribution in [2.45, 2.75) is 33.1 Å². The van der Waals surface area contributed by atoms with Gasteiger partial charge in [-0.15, -0.1) is 0 Å². The van der Waals surface area contributed by atoms with Crippen molar-refractivity contribution in [1.82, 2.24) is 15.0 Å². The number of nitrogens with two attached hydrogens (primary N) is 1. The predicted octanol–water partition coefficient (Wildman–Crippen LogP) is 1.80. The summed E-state index contributed by atoms with van der Waals surface area (Å²) in [5, 5.41) is 9.06. The second kappa shape index (κ2) is 8.20. The molecule has 0 saturated carbocycles. The van der Waals surface area contributed by atoms with Gasteiger partial charge in [-0.3, -0.25) is 9.78 Å². The van der Waals surface area contributed by atoms with Gasteiger partial charge in [-0.25, -0.2) is 4.98 Å². The van der Waals surface area contributed by atoms with Gasteiger partial charge in [0.25, 0.3) is 0 Å². The molecule has 0 amide bonds. The lowest BCUT2D eigenvalue weighted by Crippen LogP contribution is -2.32. The van der Waals surface area contributed by atoms with Crippen LogP contribution in [0.25, 0.3) is 0 Å². The highest BCUT2D eigenvalue weighted by Crippen LogP contribution is 2.26. The molecule has 0 spiro atoms. The van der Waals surface area contributed by atoms with Gasteiger partial charge in [0.05, 0.1) is 0 Å². The second-order valence-corrected chi connectivity index (χ2v) is 6.85. The average Bonchev–Trinajstić information content (AvgIpc) is 2.86. The van der Waals surface area contributed by atoms with Gasteiger partial charge in [0.1, 0.15) is 5.82 Å². The predicted molar refractivity (Wildman–Crippen MR) is 105 cm³/mol. The van der Waals surface area contributed by atoms with E-state index in [9.17, 15) is 4.79 Å². The first kappa shape index (κ1) is 18.9. The van der Waals surface area contributed by atoms with Gasteiger partial charge in [0.2, 0.25) is 5.95 Å². The summed E-state index contributed by atoms with van der Waals surface area (Å²) in [6, 6.07) is 2.05. The van der Waals surface area contributed by atoms with Crippen LogP contribution in [-0.4, -0.2) is 52.2 Å². The maximum Gasteiger partial charge on any atom is 0.303 e. The van der Waals surface area contributed by atoms with Crippen LogP contribution in [0, 0.1) is 13.8 Å². The van der Waals surface area contributed by atoms with Crippen molar-refractivity contribution in [2.75, 3.05) is 41.7 Å². The Balaban J connectivity index is 1.83. The third-order valence-electron chi connectivity index (χ3n) is 4.93. The van der Waals surface area contributed by atoms with Crippen molar-refractivity contribution in [2.24, 2.45) is 0 Å². The smallest absolute Gasteiger partial charge is 0.303 e. The number of aliphatic carboxylic acids is 1. The van der Waals surface area contributed by atoms with Crippen molar-refractivity contribution < 1.29 is 9.90 Å². The van der Waals surface area contributed by atoms with Crippen LogP contribution in [0.1, 0.15) is 29.7 Å². The molecule has 0 aromatic carbocycles. The lowest BCUT2D eigenvalue weighted by atomic mass is 10.1. The fourth-order valence-corrected chi connectivity index (χ4v) is 3.58. The van der Waals surface area contributed by atoms with E-state index in [4.69, 9.17) is 10.8 Å². The topological polar surface area (TPSA) is 108 Å². The number of anilines is 3. The highest BCUT2D eigenvalue weighted by molar-refractivity contribution is 5.68. The van der Waals surface area contributed by atoms with Crippen molar-refractivity contribution >= 4 is 23.4 Å². The standard InChI is InChI=1S/C19H26N6O2/c1-13-12-21-7-6-16(13)24-8-3-9-25(11-10-24)18-15(4-5-17(26)27)14(2)22-19(20)23-18/h6-7,12H,3-5,8-11H2,1-2H3,(H,26,27)(H2,20,22,23). The molecule has 0 aliphatic carbocycles. The molecule has 0 radical (unpaired) electrons. The van der Waals surface area contributed by atoms with Crippen LogP contribution in [-0.2, 0) is 11.2 Å². The third kappa shape index (κ3) is 4.45. The van der Waals surface area contributed by atoms with E-state index in [0.717, 1.165) is 55.2 Å². The summed E-state index contributed by atoms with van der Waals surface area (Å²) in [5.41, 5.74) is 9.88. The van der Waals surface area contributed by atoms with E-state index >= 15 is 0 Å². The summed E-state index contributed by atoms with van der Waals surface area (Å²) in [4.78, 5) is 28.5. The molecule has 0 bridgehead atoms. The SMILES string of the molecule is Cc1cnccc1N1CCCN(c2nc(N)nc(C)c2CCC(=O)O)CC1. The van der Waals surface area contributed by atoms with E-state index in [0.29, 0.717) is 6.42 Å². The molecule has 1 fully saturated rings. The molecule has 8 nitrogen and oxygen atoms in total. The Bertz CT molecular complexity index is 826. The largest absolute Gasteiger partial charge is 0.481 e. The van der Waals surface area contributed by atoms with Crippen LogP contribution in [0.5, 0.6) is 0 Å². The van der Waals surface area contributed by atoms with Gasteiger partial charge in [0, 0.05) is 61.9 Å². The molecule has 3 rings (SSSR count). The quantitative estimate of drug-likeness (QED) is 0.820.